The van der Waals surface area contributed by atoms with Gasteiger partial charge in [-0.25, -0.2) is 15.0 Å². The zero-order chi connectivity index (χ0) is 25.0. The highest BCUT2D eigenvalue weighted by atomic mass is 35.5. The number of ether oxygens (including phenoxy) is 1. The maximum atomic E-state index is 13.1. The van der Waals surface area contributed by atoms with Crippen LogP contribution in [-0.2, 0) is 9.53 Å². The highest BCUT2D eigenvalue weighted by Gasteiger charge is 2.48. The molecule has 190 valence electrons. The first-order valence-electron chi connectivity index (χ1n) is 12.2. The molecule has 0 aromatic carbocycles. The summed E-state index contributed by atoms with van der Waals surface area (Å²) < 4.78 is 5.45. The van der Waals surface area contributed by atoms with Gasteiger partial charge in [0.15, 0.2) is 21.8 Å². The van der Waals surface area contributed by atoms with Gasteiger partial charge in [-0.05, 0) is 32.1 Å². The number of amides is 1. The monoisotopic (exact) mass is 547 g/mol. The molecule has 0 spiro atoms. The number of hydrogen-bond donors (Lipinski definition) is 3. The Kier molecular flexibility index (Phi) is 6.31. The van der Waals surface area contributed by atoms with Crippen LogP contribution in [0.3, 0.4) is 0 Å². The summed E-state index contributed by atoms with van der Waals surface area (Å²) in [5.41, 5.74) is 1.91. The third-order valence-corrected chi connectivity index (χ3v) is 8.84. The number of rotatable bonds is 6. The molecule has 2 fully saturated rings. The standard InChI is InChI=1S/C24H27Cl2N7O2S/c1-11(2)28-23(34)15-12-3-4-13(9-12)16(15)29-17-14(25)10-27-21-18(17)30-22(32-21)19-20(26)31-24(36-19)33-5-7-35-8-6-33/h3-4,10-13,15-16H,5-9H2,1-2H3,(H,28,34)(H2,27,29,30,32)/t12-,13+,15+,16?/m1/s1. The van der Waals surface area contributed by atoms with Crippen molar-refractivity contribution in [2.75, 3.05) is 36.5 Å². The molecule has 1 unspecified atom stereocenters. The molecule has 6 rings (SSSR count). The number of aromatic amines is 1. The molecule has 3 aliphatic rings. The molecule has 3 aromatic heterocycles. The number of hydrogen-bond acceptors (Lipinski definition) is 8. The van der Waals surface area contributed by atoms with E-state index in [0.29, 0.717) is 46.1 Å². The van der Waals surface area contributed by atoms with Crippen molar-refractivity contribution in [3.63, 3.8) is 0 Å². The number of H-pyrrole nitrogens is 1. The average Bonchev–Trinajstić information content (AvgIpc) is 3.63. The van der Waals surface area contributed by atoms with E-state index in [1.165, 1.54) is 11.3 Å². The Morgan fingerprint density at radius 1 is 1.22 bits per heavy atom. The van der Waals surface area contributed by atoms with Gasteiger partial charge in [-0.15, -0.1) is 0 Å². The van der Waals surface area contributed by atoms with Crippen LogP contribution in [0.1, 0.15) is 20.3 Å². The molecule has 3 N–H and O–H groups in total. The first-order valence-corrected chi connectivity index (χ1v) is 13.7. The lowest BCUT2D eigenvalue weighted by molar-refractivity contribution is -0.126. The lowest BCUT2D eigenvalue weighted by atomic mass is 9.87. The number of imidazole rings is 1. The third kappa shape index (κ3) is 4.23. The summed E-state index contributed by atoms with van der Waals surface area (Å²) in [7, 11) is 0. The number of halogens is 2. The summed E-state index contributed by atoms with van der Waals surface area (Å²) in [6.45, 7) is 6.85. The predicted octanol–water partition coefficient (Wildman–Crippen LogP) is 4.35. The van der Waals surface area contributed by atoms with E-state index in [1.807, 2.05) is 13.8 Å². The van der Waals surface area contributed by atoms with Gasteiger partial charge in [-0.3, -0.25) is 4.79 Å². The number of pyridine rings is 1. The van der Waals surface area contributed by atoms with Crippen LogP contribution >= 0.6 is 34.5 Å². The molecule has 1 aliphatic heterocycles. The van der Waals surface area contributed by atoms with Gasteiger partial charge in [0.05, 0.1) is 36.0 Å². The second-order valence-corrected chi connectivity index (χ2v) is 11.5. The fourth-order valence-electron chi connectivity index (χ4n) is 5.43. The molecule has 9 nitrogen and oxygen atoms in total. The molecule has 4 heterocycles. The summed E-state index contributed by atoms with van der Waals surface area (Å²) in [4.78, 5) is 33.1. The maximum Gasteiger partial charge on any atom is 0.225 e. The van der Waals surface area contributed by atoms with Crippen LogP contribution in [0.25, 0.3) is 21.9 Å². The van der Waals surface area contributed by atoms with Crippen LogP contribution in [0, 0.1) is 17.8 Å². The molecule has 12 heteroatoms. The molecule has 0 radical (unpaired) electrons. The van der Waals surface area contributed by atoms with E-state index in [1.54, 1.807) is 6.20 Å². The van der Waals surface area contributed by atoms with E-state index in [-0.39, 0.29) is 35.7 Å². The van der Waals surface area contributed by atoms with Gasteiger partial charge in [-0.2, -0.15) is 0 Å². The van der Waals surface area contributed by atoms with Crippen molar-refractivity contribution in [3.05, 3.63) is 28.5 Å². The molecule has 2 bridgehead atoms. The van der Waals surface area contributed by atoms with Crippen molar-refractivity contribution in [1.29, 1.82) is 0 Å². The predicted molar refractivity (Wildman–Crippen MR) is 143 cm³/mol. The van der Waals surface area contributed by atoms with Gasteiger partial charge in [0.2, 0.25) is 5.91 Å². The van der Waals surface area contributed by atoms with Crippen molar-refractivity contribution in [1.82, 2.24) is 25.3 Å². The first kappa shape index (κ1) is 24.0. The average molecular weight is 549 g/mol. The quantitative estimate of drug-likeness (QED) is 0.393. The zero-order valence-electron chi connectivity index (χ0n) is 19.9. The number of fused-ring (bicyclic) bond motifs is 3. The number of morpholine rings is 1. The van der Waals surface area contributed by atoms with Crippen LogP contribution in [0.5, 0.6) is 0 Å². The number of thiazole rings is 1. The largest absolute Gasteiger partial charge is 0.378 e. The summed E-state index contributed by atoms with van der Waals surface area (Å²) in [6.07, 6.45) is 6.92. The minimum Gasteiger partial charge on any atom is -0.378 e. The summed E-state index contributed by atoms with van der Waals surface area (Å²) in [6, 6.07) is 0.00710. The Bertz CT molecular complexity index is 1330. The third-order valence-electron chi connectivity index (χ3n) is 7.05. The molecule has 1 saturated heterocycles. The molecular weight excluding hydrogens is 521 g/mol. The van der Waals surface area contributed by atoms with Crippen LogP contribution in [0.15, 0.2) is 18.3 Å². The Balaban J connectivity index is 1.33. The van der Waals surface area contributed by atoms with E-state index >= 15 is 0 Å². The Hall–Kier alpha value is -2.40. The lowest BCUT2D eigenvalue weighted by Crippen LogP contribution is -2.45. The fourth-order valence-corrected chi connectivity index (χ4v) is 6.92. The van der Waals surface area contributed by atoms with E-state index in [0.717, 1.165) is 29.5 Å². The van der Waals surface area contributed by atoms with Crippen molar-refractivity contribution in [2.45, 2.75) is 32.4 Å². The highest BCUT2D eigenvalue weighted by Crippen LogP contribution is 2.46. The molecule has 2 aliphatic carbocycles. The SMILES string of the molecule is CC(C)NC(=O)[C@@H]1C(Nc2c(Cl)cnc3nc(-c4sc(N5CCOCC5)nc4Cl)[nH]c23)[C@H]2C=C[C@@H]1C2. The molecule has 4 atom stereocenters. The minimum atomic E-state index is -0.170. The number of aromatic nitrogens is 4. The number of carbonyl (C=O) groups is 1. The van der Waals surface area contributed by atoms with Crippen molar-refractivity contribution in [3.8, 4) is 10.7 Å². The van der Waals surface area contributed by atoms with Crippen LogP contribution < -0.4 is 15.5 Å². The molecule has 1 amide bonds. The highest BCUT2D eigenvalue weighted by molar-refractivity contribution is 7.19. The first-order chi connectivity index (χ1) is 17.4. The van der Waals surface area contributed by atoms with Gasteiger partial charge in [-0.1, -0.05) is 46.7 Å². The normalized spacial score (nSPS) is 25.3. The number of nitrogens with zero attached hydrogens (tertiary/aromatic N) is 4. The van der Waals surface area contributed by atoms with Gasteiger partial charge in [0.25, 0.3) is 0 Å². The minimum absolute atomic E-state index is 0.0677. The summed E-state index contributed by atoms with van der Waals surface area (Å²) in [5.74, 6) is 0.960. The number of carbonyl (C=O) groups excluding carboxylic acids is 1. The van der Waals surface area contributed by atoms with Crippen LogP contribution in [-0.4, -0.2) is 64.2 Å². The zero-order valence-corrected chi connectivity index (χ0v) is 22.3. The van der Waals surface area contributed by atoms with E-state index in [2.05, 4.69) is 42.6 Å². The maximum absolute atomic E-state index is 13.1. The van der Waals surface area contributed by atoms with E-state index < -0.39 is 0 Å². The number of nitrogens with one attached hydrogen (secondary N) is 3. The molecule has 1 saturated carbocycles. The topological polar surface area (TPSA) is 108 Å². The van der Waals surface area contributed by atoms with Gasteiger partial charge < -0.3 is 25.3 Å². The van der Waals surface area contributed by atoms with E-state index in [4.69, 9.17) is 32.9 Å². The molecule has 3 aromatic rings. The second kappa shape index (κ2) is 9.48. The number of allylic oxidation sites excluding steroid dienone is 1. The number of anilines is 2. The van der Waals surface area contributed by atoms with Gasteiger partial charge in [0.1, 0.15) is 10.4 Å². The fraction of sp³-hybridized carbons (Fsp3) is 0.500. The Labute approximate surface area is 222 Å². The van der Waals surface area contributed by atoms with Crippen molar-refractivity contribution in [2.24, 2.45) is 17.8 Å². The summed E-state index contributed by atoms with van der Waals surface area (Å²) in [5, 5.41) is 8.40. The molecular formula is C24H27Cl2N7O2S. The second-order valence-electron chi connectivity index (χ2n) is 9.79. The van der Waals surface area contributed by atoms with Gasteiger partial charge >= 0.3 is 0 Å². The Morgan fingerprint density at radius 2 is 2.00 bits per heavy atom. The Morgan fingerprint density at radius 3 is 2.78 bits per heavy atom. The van der Waals surface area contributed by atoms with Gasteiger partial charge in [0, 0.05) is 25.2 Å². The van der Waals surface area contributed by atoms with E-state index in [9.17, 15) is 4.79 Å². The van der Waals surface area contributed by atoms with Crippen molar-refractivity contribution >= 4 is 62.4 Å². The molecule has 36 heavy (non-hydrogen) atoms. The van der Waals surface area contributed by atoms with Crippen LogP contribution in [0.2, 0.25) is 10.2 Å². The summed E-state index contributed by atoms with van der Waals surface area (Å²) >= 11 is 14.7. The smallest absolute Gasteiger partial charge is 0.225 e. The van der Waals surface area contributed by atoms with Crippen molar-refractivity contribution < 1.29 is 9.53 Å². The lowest BCUT2D eigenvalue weighted by Gasteiger charge is -2.30. The van der Waals surface area contributed by atoms with Crippen LogP contribution in [0.4, 0.5) is 10.8 Å².